The number of para-hydroxylation sites is 3. The van der Waals surface area contributed by atoms with E-state index in [-0.39, 0.29) is 6.54 Å². The minimum absolute atomic E-state index is 0.196. The summed E-state index contributed by atoms with van der Waals surface area (Å²) in [5.41, 5.74) is 6.79. The smallest absolute Gasteiger partial charge is 0.317 e. The molecule has 134 valence electrons. The van der Waals surface area contributed by atoms with Gasteiger partial charge in [-0.1, -0.05) is 34.8 Å². The van der Waals surface area contributed by atoms with Crippen LogP contribution in [0.1, 0.15) is 6.42 Å². The minimum atomic E-state index is -0.963. The van der Waals surface area contributed by atoms with Crippen LogP contribution in [0.4, 0.5) is 21.5 Å². The Balaban J connectivity index is 1.87. The Morgan fingerprint density at radius 1 is 1.16 bits per heavy atom. The summed E-state index contributed by atoms with van der Waals surface area (Å²) in [6.07, 6.45) is 0.488. The van der Waals surface area contributed by atoms with Gasteiger partial charge in [0.25, 0.3) is 0 Å². The van der Waals surface area contributed by atoms with Crippen LogP contribution in [0.25, 0.3) is 0 Å². The summed E-state index contributed by atoms with van der Waals surface area (Å²) in [5.74, 6) is -0.963. The molecule has 8 heteroatoms. The van der Waals surface area contributed by atoms with Gasteiger partial charge >= 0.3 is 5.97 Å². The highest BCUT2D eigenvalue weighted by Crippen LogP contribution is 2.31. The van der Waals surface area contributed by atoms with Crippen molar-refractivity contribution in [3.05, 3.63) is 54.6 Å². The van der Waals surface area contributed by atoms with Crippen molar-refractivity contribution in [3.8, 4) is 0 Å². The van der Waals surface area contributed by atoms with E-state index >= 15 is 0 Å². The van der Waals surface area contributed by atoms with Gasteiger partial charge in [-0.25, -0.2) is 5.43 Å². The lowest BCUT2D eigenvalue weighted by atomic mass is 10.2. The van der Waals surface area contributed by atoms with E-state index in [0.29, 0.717) is 35.1 Å². The number of nitrogens with one attached hydrogen (secondary N) is 3. The predicted molar refractivity (Wildman–Crippen MR) is 97.7 cm³/mol. The summed E-state index contributed by atoms with van der Waals surface area (Å²) in [6.45, 7) is 0.269. The summed E-state index contributed by atoms with van der Waals surface area (Å²) >= 11 is 5.96. The standard InChI is InChI=1S/C17H20ClFN4O2/c18-16(20-12-17(24)25)10-11-21-22-14-8-4-5-9-15(14)23(19)13-6-2-1-3-7-13/h1-9,16,20-22H,10-12H2,(H,24,25). The van der Waals surface area contributed by atoms with E-state index in [2.05, 4.69) is 16.2 Å². The second kappa shape index (κ2) is 9.83. The third-order valence-electron chi connectivity index (χ3n) is 3.32. The van der Waals surface area contributed by atoms with E-state index in [1.165, 1.54) is 0 Å². The number of alkyl halides is 1. The molecule has 0 bridgehead atoms. The molecule has 6 nitrogen and oxygen atoms in total. The maximum atomic E-state index is 14.6. The fourth-order valence-corrected chi connectivity index (χ4v) is 2.29. The molecule has 0 saturated heterocycles. The molecule has 0 aliphatic heterocycles. The first-order valence-electron chi connectivity index (χ1n) is 7.76. The van der Waals surface area contributed by atoms with Gasteiger partial charge in [0.1, 0.15) is 0 Å². The number of halogens is 2. The molecule has 0 spiro atoms. The molecular formula is C17H20ClFN4O2. The average molecular weight is 367 g/mol. The maximum absolute atomic E-state index is 14.6. The SMILES string of the molecule is O=C(O)CNC(Cl)CCNNc1ccccc1N(F)c1ccccc1. The fourth-order valence-electron chi connectivity index (χ4n) is 2.11. The van der Waals surface area contributed by atoms with Crippen molar-refractivity contribution >= 4 is 34.6 Å². The number of nitrogens with zero attached hydrogens (tertiary/aromatic N) is 1. The van der Waals surface area contributed by atoms with Crippen LogP contribution < -0.4 is 21.3 Å². The number of carbonyl (C=O) groups is 1. The number of hydrogen-bond acceptors (Lipinski definition) is 5. The highest BCUT2D eigenvalue weighted by Gasteiger charge is 2.12. The number of benzene rings is 2. The van der Waals surface area contributed by atoms with Crippen LogP contribution in [0.5, 0.6) is 0 Å². The number of rotatable bonds is 10. The Morgan fingerprint density at radius 3 is 2.56 bits per heavy atom. The molecule has 0 aliphatic carbocycles. The molecule has 0 amide bonds. The first-order valence-corrected chi connectivity index (χ1v) is 8.19. The highest BCUT2D eigenvalue weighted by atomic mass is 35.5. The normalized spacial score (nSPS) is 11.8. The van der Waals surface area contributed by atoms with E-state index in [9.17, 15) is 9.28 Å². The highest BCUT2D eigenvalue weighted by molar-refractivity contribution is 6.20. The van der Waals surface area contributed by atoms with E-state index in [1.54, 1.807) is 48.5 Å². The molecule has 2 rings (SSSR count). The number of hydrazine groups is 1. The summed E-state index contributed by atoms with van der Waals surface area (Å²) in [4.78, 5) is 10.4. The zero-order valence-electron chi connectivity index (χ0n) is 13.5. The van der Waals surface area contributed by atoms with E-state index in [1.807, 2.05) is 6.07 Å². The number of carboxylic acids is 1. The van der Waals surface area contributed by atoms with Crippen molar-refractivity contribution in [2.45, 2.75) is 11.9 Å². The number of carboxylic acid groups (broad SMARTS) is 1. The lowest BCUT2D eigenvalue weighted by molar-refractivity contribution is -0.136. The van der Waals surface area contributed by atoms with E-state index < -0.39 is 11.5 Å². The Hall–Kier alpha value is -2.35. The van der Waals surface area contributed by atoms with Crippen molar-refractivity contribution in [2.75, 3.05) is 23.6 Å². The van der Waals surface area contributed by atoms with Crippen LogP contribution in [-0.4, -0.2) is 29.7 Å². The Bertz CT molecular complexity index is 675. The lowest BCUT2D eigenvalue weighted by Gasteiger charge is -2.19. The molecule has 1 unspecified atom stereocenters. The second-order valence-electron chi connectivity index (χ2n) is 5.22. The van der Waals surface area contributed by atoms with Gasteiger partial charge in [-0.2, -0.15) is 5.12 Å². The van der Waals surface area contributed by atoms with Crippen molar-refractivity contribution in [2.24, 2.45) is 0 Å². The summed E-state index contributed by atoms with van der Waals surface area (Å²) in [7, 11) is 0. The van der Waals surface area contributed by atoms with Crippen LogP contribution in [0, 0.1) is 0 Å². The maximum Gasteiger partial charge on any atom is 0.317 e. The summed E-state index contributed by atoms with van der Waals surface area (Å²) < 4.78 is 14.6. The predicted octanol–water partition coefficient (Wildman–Crippen LogP) is 3.25. The van der Waals surface area contributed by atoms with Crippen molar-refractivity contribution in [3.63, 3.8) is 0 Å². The van der Waals surface area contributed by atoms with Crippen LogP contribution in [0.15, 0.2) is 54.6 Å². The number of anilines is 3. The van der Waals surface area contributed by atoms with Gasteiger partial charge in [0, 0.05) is 6.54 Å². The van der Waals surface area contributed by atoms with Crippen molar-refractivity contribution < 1.29 is 14.4 Å². The van der Waals surface area contributed by atoms with E-state index in [4.69, 9.17) is 16.7 Å². The van der Waals surface area contributed by atoms with Crippen LogP contribution >= 0.6 is 11.6 Å². The summed E-state index contributed by atoms with van der Waals surface area (Å²) in [5, 5.41) is 11.8. The van der Waals surface area contributed by atoms with Gasteiger partial charge in [-0.05, 0) is 30.7 Å². The molecule has 4 N–H and O–H groups in total. The Kier molecular flexibility index (Phi) is 7.46. The van der Waals surface area contributed by atoms with Gasteiger partial charge in [0.05, 0.1) is 29.1 Å². The average Bonchev–Trinajstić information content (AvgIpc) is 2.64. The molecule has 0 aliphatic rings. The fraction of sp³-hybridized carbons (Fsp3) is 0.235. The van der Waals surface area contributed by atoms with E-state index in [0.717, 1.165) is 0 Å². The molecule has 0 heterocycles. The molecule has 0 saturated carbocycles. The van der Waals surface area contributed by atoms with Crippen molar-refractivity contribution in [1.82, 2.24) is 10.7 Å². The number of aliphatic carboxylic acids is 1. The molecule has 2 aromatic carbocycles. The largest absolute Gasteiger partial charge is 0.480 e. The van der Waals surface area contributed by atoms with Gasteiger partial charge in [-0.3, -0.25) is 10.1 Å². The van der Waals surface area contributed by atoms with Gasteiger partial charge < -0.3 is 10.5 Å². The molecule has 2 aromatic rings. The zero-order chi connectivity index (χ0) is 18.1. The third kappa shape index (κ3) is 6.22. The van der Waals surface area contributed by atoms with Crippen LogP contribution in [0.2, 0.25) is 0 Å². The summed E-state index contributed by atoms with van der Waals surface area (Å²) in [6, 6.07) is 15.7. The third-order valence-corrected chi connectivity index (χ3v) is 3.69. The Labute approximate surface area is 150 Å². The first kappa shape index (κ1) is 19.0. The van der Waals surface area contributed by atoms with Gasteiger partial charge in [0.2, 0.25) is 0 Å². The lowest BCUT2D eigenvalue weighted by Crippen LogP contribution is -2.33. The van der Waals surface area contributed by atoms with Crippen LogP contribution in [0.3, 0.4) is 0 Å². The molecule has 0 aromatic heterocycles. The van der Waals surface area contributed by atoms with Gasteiger partial charge in [0.15, 0.2) is 0 Å². The first-order chi connectivity index (χ1) is 12.1. The molecular weight excluding hydrogens is 347 g/mol. The zero-order valence-corrected chi connectivity index (χ0v) is 14.2. The Morgan fingerprint density at radius 2 is 1.84 bits per heavy atom. The molecule has 0 fully saturated rings. The number of hydrogen-bond donors (Lipinski definition) is 4. The molecule has 1 atom stereocenters. The topological polar surface area (TPSA) is 76.6 Å². The van der Waals surface area contributed by atoms with Crippen LogP contribution in [-0.2, 0) is 4.79 Å². The van der Waals surface area contributed by atoms with Gasteiger partial charge in [-0.15, -0.1) is 11.6 Å². The minimum Gasteiger partial charge on any atom is -0.480 e. The second-order valence-corrected chi connectivity index (χ2v) is 5.74. The van der Waals surface area contributed by atoms with Crippen molar-refractivity contribution in [1.29, 1.82) is 0 Å². The molecule has 0 radical (unpaired) electrons. The molecule has 25 heavy (non-hydrogen) atoms. The quantitative estimate of drug-likeness (QED) is 0.170. The monoisotopic (exact) mass is 366 g/mol.